The van der Waals surface area contributed by atoms with Crippen LogP contribution in [-0.2, 0) is 4.74 Å². The summed E-state index contributed by atoms with van der Waals surface area (Å²) in [6, 6.07) is 9.24. The Bertz CT molecular complexity index is 390. The molecule has 1 aromatic carbocycles. The molecule has 0 amide bonds. The molecular weight excluding hydrogens is 266 g/mol. The van der Waals surface area contributed by atoms with Gasteiger partial charge in [0.2, 0.25) is 0 Å². The van der Waals surface area contributed by atoms with E-state index in [-0.39, 0.29) is 0 Å². The van der Waals surface area contributed by atoms with Gasteiger partial charge >= 0.3 is 0 Å². The highest BCUT2D eigenvalue weighted by molar-refractivity contribution is 7.99. The SMILES string of the molecule is CNC(CCCC1CCCO1)CSc1ccccc1C. The fraction of sp³-hybridized carbons (Fsp3) is 0.647. The van der Waals surface area contributed by atoms with Gasteiger partial charge in [-0.15, -0.1) is 11.8 Å². The topological polar surface area (TPSA) is 21.3 Å². The molecule has 2 rings (SSSR count). The Kier molecular flexibility index (Phi) is 6.91. The Morgan fingerprint density at radius 1 is 1.40 bits per heavy atom. The van der Waals surface area contributed by atoms with Crippen molar-refractivity contribution in [3.8, 4) is 0 Å². The van der Waals surface area contributed by atoms with Crippen molar-refractivity contribution in [2.24, 2.45) is 0 Å². The van der Waals surface area contributed by atoms with Crippen molar-refractivity contribution in [3.05, 3.63) is 29.8 Å². The molecule has 0 aromatic heterocycles. The smallest absolute Gasteiger partial charge is 0.0576 e. The van der Waals surface area contributed by atoms with Gasteiger partial charge in [-0.3, -0.25) is 0 Å². The van der Waals surface area contributed by atoms with Crippen LogP contribution in [0.25, 0.3) is 0 Å². The van der Waals surface area contributed by atoms with Crippen LogP contribution in [0.4, 0.5) is 0 Å². The highest BCUT2D eigenvalue weighted by Gasteiger charge is 2.16. The minimum atomic E-state index is 0.538. The number of hydrogen-bond acceptors (Lipinski definition) is 3. The Labute approximate surface area is 127 Å². The van der Waals surface area contributed by atoms with Gasteiger partial charge in [0.1, 0.15) is 0 Å². The Morgan fingerprint density at radius 2 is 2.25 bits per heavy atom. The van der Waals surface area contributed by atoms with E-state index in [9.17, 15) is 0 Å². The van der Waals surface area contributed by atoms with Gasteiger partial charge in [-0.25, -0.2) is 0 Å². The van der Waals surface area contributed by atoms with E-state index >= 15 is 0 Å². The Balaban J connectivity index is 1.68. The summed E-state index contributed by atoms with van der Waals surface area (Å²) in [6.45, 7) is 3.16. The second-order valence-corrected chi connectivity index (χ2v) is 6.69. The molecule has 1 fully saturated rings. The molecule has 0 spiro atoms. The molecule has 1 heterocycles. The van der Waals surface area contributed by atoms with Crippen LogP contribution in [0.5, 0.6) is 0 Å². The zero-order chi connectivity index (χ0) is 14.2. The number of rotatable bonds is 8. The Morgan fingerprint density at radius 3 is 2.95 bits per heavy atom. The van der Waals surface area contributed by atoms with E-state index in [0.717, 1.165) is 12.4 Å². The van der Waals surface area contributed by atoms with E-state index in [4.69, 9.17) is 4.74 Å². The summed E-state index contributed by atoms with van der Waals surface area (Å²) < 4.78 is 5.69. The molecule has 1 saturated heterocycles. The average Bonchev–Trinajstić information content (AvgIpc) is 2.97. The molecule has 2 atom stereocenters. The summed E-state index contributed by atoms with van der Waals surface area (Å²) in [7, 11) is 2.08. The minimum absolute atomic E-state index is 0.538. The maximum absolute atomic E-state index is 5.69. The molecule has 112 valence electrons. The first kappa shape index (κ1) is 15.9. The van der Waals surface area contributed by atoms with Crippen LogP contribution in [0.15, 0.2) is 29.2 Å². The predicted molar refractivity (Wildman–Crippen MR) is 87.6 cm³/mol. The van der Waals surface area contributed by atoms with E-state index < -0.39 is 0 Å². The normalized spacial score (nSPS) is 20.2. The number of benzene rings is 1. The first-order valence-electron chi connectivity index (χ1n) is 7.77. The molecule has 0 saturated carbocycles. The highest BCUT2D eigenvalue weighted by Crippen LogP contribution is 2.24. The van der Waals surface area contributed by atoms with Crippen molar-refractivity contribution in [2.45, 2.75) is 56.1 Å². The third-order valence-electron chi connectivity index (χ3n) is 4.04. The van der Waals surface area contributed by atoms with Gasteiger partial charge in [0.15, 0.2) is 0 Å². The third kappa shape index (κ3) is 5.12. The van der Waals surface area contributed by atoms with Crippen molar-refractivity contribution < 1.29 is 4.74 Å². The van der Waals surface area contributed by atoms with Crippen molar-refractivity contribution in [1.29, 1.82) is 0 Å². The third-order valence-corrected chi connectivity index (χ3v) is 5.38. The molecule has 1 aromatic rings. The zero-order valence-electron chi connectivity index (χ0n) is 12.7. The van der Waals surface area contributed by atoms with E-state index in [1.54, 1.807) is 0 Å². The lowest BCUT2D eigenvalue weighted by atomic mass is 10.1. The first-order chi connectivity index (χ1) is 9.79. The lowest BCUT2D eigenvalue weighted by molar-refractivity contribution is 0.101. The van der Waals surface area contributed by atoms with Gasteiger partial charge in [-0.1, -0.05) is 18.2 Å². The molecule has 3 heteroatoms. The standard InChI is InChI=1S/C17H27NOS/c1-14-7-3-4-11-17(14)20-13-15(18-2)8-5-9-16-10-6-12-19-16/h3-4,7,11,15-16,18H,5-6,8-10,12-13H2,1-2H3. The predicted octanol–water partition coefficient (Wildman–Crippen LogP) is 4.02. The maximum atomic E-state index is 5.69. The highest BCUT2D eigenvalue weighted by atomic mass is 32.2. The van der Waals surface area contributed by atoms with Crippen molar-refractivity contribution in [1.82, 2.24) is 5.32 Å². The second-order valence-electron chi connectivity index (χ2n) is 5.63. The van der Waals surface area contributed by atoms with Gasteiger partial charge in [0.25, 0.3) is 0 Å². The molecule has 1 aliphatic heterocycles. The van der Waals surface area contributed by atoms with Gasteiger partial charge in [0.05, 0.1) is 6.10 Å². The zero-order valence-corrected chi connectivity index (χ0v) is 13.5. The number of nitrogens with one attached hydrogen (secondary N) is 1. The van der Waals surface area contributed by atoms with E-state index in [1.165, 1.54) is 42.6 Å². The molecule has 1 N–H and O–H groups in total. The molecule has 20 heavy (non-hydrogen) atoms. The van der Waals surface area contributed by atoms with Crippen LogP contribution < -0.4 is 5.32 Å². The lowest BCUT2D eigenvalue weighted by Gasteiger charge is -2.17. The number of thioether (sulfide) groups is 1. The summed E-state index contributed by atoms with van der Waals surface area (Å²) in [4.78, 5) is 1.41. The van der Waals surface area contributed by atoms with Gasteiger partial charge in [-0.05, 0) is 57.7 Å². The monoisotopic (exact) mass is 293 g/mol. The van der Waals surface area contributed by atoms with Crippen LogP contribution >= 0.6 is 11.8 Å². The van der Waals surface area contributed by atoms with Crippen molar-refractivity contribution >= 4 is 11.8 Å². The molecule has 0 bridgehead atoms. The van der Waals surface area contributed by atoms with Crippen LogP contribution in [0.2, 0.25) is 0 Å². The van der Waals surface area contributed by atoms with Crippen LogP contribution in [0.3, 0.4) is 0 Å². The van der Waals surface area contributed by atoms with E-state index in [0.29, 0.717) is 12.1 Å². The Hall–Kier alpha value is -0.510. The van der Waals surface area contributed by atoms with Crippen LogP contribution in [-0.4, -0.2) is 31.6 Å². The molecular formula is C17H27NOS. The van der Waals surface area contributed by atoms with Crippen LogP contribution in [0.1, 0.15) is 37.7 Å². The molecule has 2 nitrogen and oxygen atoms in total. The molecule has 2 unspecified atom stereocenters. The summed E-state index contributed by atoms with van der Waals surface area (Å²) in [5.74, 6) is 1.15. The number of hydrogen-bond donors (Lipinski definition) is 1. The van der Waals surface area contributed by atoms with Gasteiger partial charge in [0, 0.05) is 23.3 Å². The van der Waals surface area contributed by atoms with Gasteiger partial charge in [-0.2, -0.15) is 0 Å². The summed E-state index contributed by atoms with van der Waals surface area (Å²) in [5.41, 5.74) is 1.38. The van der Waals surface area contributed by atoms with Crippen LogP contribution in [0, 0.1) is 6.92 Å². The summed E-state index contributed by atoms with van der Waals surface area (Å²) >= 11 is 1.97. The molecule has 0 aliphatic carbocycles. The first-order valence-corrected chi connectivity index (χ1v) is 8.75. The van der Waals surface area contributed by atoms with E-state index in [2.05, 4.69) is 43.6 Å². The van der Waals surface area contributed by atoms with E-state index in [1.807, 2.05) is 11.8 Å². The minimum Gasteiger partial charge on any atom is -0.378 e. The number of aryl methyl sites for hydroxylation is 1. The quantitative estimate of drug-likeness (QED) is 0.731. The maximum Gasteiger partial charge on any atom is 0.0576 e. The molecule has 0 radical (unpaired) electrons. The van der Waals surface area contributed by atoms with Crippen molar-refractivity contribution in [3.63, 3.8) is 0 Å². The fourth-order valence-electron chi connectivity index (χ4n) is 2.68. The largest absolute Gasteiger partial charge is 0.378 e. The van der Waals surface area contributed by atoms with Gasteiger partial charge < -0.3 is 10.1 Å². The fourth-order valence-corrected chi connectivity index (χ4v) is 3.87. The van der Waals surface area contributed by atoms with Crippen molar-refractivity contribution in [2.75, 3.05) is 19.4 Å². The summed E-state index contributed by atoms with van der Waals surface area (Å²) in [6.07, 6.45) is 6.80. The number of ether oxygens (including phenoxy) is 1. The summed E-state index contributed by atoms with van der Waals surface area (Å²) in [5, 5.41) is 3.46. The lowest BCUT2D eigenvalue weighted by Crippen LogP contribution is -2.28. The second kappa shape index (κ2) is 8.71. The average molecular weight is 293 g/mol. The molecule has 1 aliphatic rings.